The second-order valence-corrected chi connectivity index (χ2v) is 12.9. The topological polar surface area (TPSA) is 36.9 Å². The van der Waals surface area contributed by atoms with Crippen LogP contribution in [0.4, 0.5) is 0 Å². The molecule has 156 valence electrons. The smallest absolute Gasteiger partial charge is 0.160 e. The highest BCUT2D eigenvalue weighted by Gasteiger charge is 2.10. The maximum atomic E-state index is 5.51. The predicted octanol–water partition coefficient (Wildman–Crippen LogP) is 3.95. The SMILES string of the molecule is COc1cccc([Si]CCSSSCC[Si]c2cccc(OC)c2OC)c1OC. The summed E-state index contributed by atoms with van der Waals surface area (Å²) in [5, 5.41) is 2.47. The van der Waals surface area contributed by atoms with Crippen LogP contribution in [0.3, 0.4) is 0 Å². The molecule has 0 aromatic heterocycles. The van der Waals surface area contributed by atoms with Crippen molar-refractivity contribution >= 4 is 60.8 Å². The van der Waals surface area contributed by atoms with Gasteiger partial charge in [0.15, 0.2) is 23.0 Å². The van der Waals surface area contributed by atoms with E-state index >= 15 is 0 Å². The van der Waals surface area contributed by atoms with Crippen LogP contribution >= 0.6 is 31.4 Å². The summed E-state index contributed by atoms with van der Waals surface area (Å²) in [5.74, 6) is 5.61. The van der Waals surface area contributed by atoms with Gasteiger partial charge in [0.1, 0.15) is 0 Å². The Labute approximate surface area is 190 Å². The van der Waals surface area contributed by atoms with E-state index in [2.05, 4.69) is 12.1 Å². The van der Waals surface area contributed by atoms with Crippen LogP contribution in [0.15, 0.2) is 36.4 Å². The molecule has 0 unspecified atom stereocenters. The number of rotatable bonds is 14. The fourth-order valence-electron chi connectivity index (χ4n) is 2.61. The van der Waals surface area contributed by atoms with Gasteiger partial charge < -0.3 is 18.9 Å². The number of para-hydroxylation sites is 2. The summed E-state index contributed by atoms with van der Waals surface area (Å²) < 4.78 is 21.8. The first kappa shape index (κ1) is 24.4. The summed E-state index contributed by atoms with van der Waals surface area (Å²) in [6.45, 7) is 0. The fraction of sp³-hybridized carbons (Fsp3) is 0.400. The predicted molar refractivity (Wildman–Crippen MR) is 132 cm³/mol. The highest BCUT2D eigenvalue weighted by atomic mass is 33.5. The van der Waals surface area contributed by atoms with Gasteiger partial charge in [-0.1, -0.05) is 45.9 Å². The van der Waals surface area contributed by atoms with Crippen molar-refractivity contribution in [3.05, 3.63) is 36.4 Å². The summed E-state index contributed by atoms with van der Waals surface area (Å²) >= 11 is 0. The number of benzene rings is 2. The molecule has 0 heterocycles. The molecule has 2 rings (SSSR count). The van der Waals surface area contributed by atoms with Crippen molar-refractivity contribution in [1.29, 1.82) is 0 Å². The van der Waals surface area contributed by atoms with Gasteiger partial charge in [0.25, 0.3) is 0 Å². The van der Waals surface area contributed by atoms with Gasteiger partial charge in [0.05, 0.1) is 47.5 Å². The maximum Gasteiger partial charge on any atom is 0.160 e. The molecule has 0 aliphatic heterocycles. The van der Waals surface area contributed by atoms with Crippen molar-refractivity contribution in [3.8, 4) is 23.0 Å². The second-order valence-electron chi connectivity index (χ2n) is 5.65. The van der Waals surface area contributed by atoms with E-state index in [4.69, 9.17) is 18.9 Å². The maximum absolute atomic E-state index is 5.51. The molecule has 0 aliphatic carbocycles. The lowest BCUT2D eigenvalue weighted by Crippen LogP contribution is -2.17. The van der Waals surface area contributed by atoms with Crippen molar-refractivity contribution < 1.29 is 18.9 Å². The molecule has 29 heavy (non-hydrogen) atoms. The second kappa shape index (κ2) is 14.2. The third-order valence-electron chi connectivity index (χ3n) is 3.90. The molecule has 2 aromatic rings. The van der Waals surface area contributed by atoms with Crippen molar-refractivity contribution in [1.82, 2.24) is 0 Å². The third kappa shape index (κ3) is 7.71. The molecular formula is C20H26O4S3Si2. The average Bonchev–Trinajstić information content (AvgIpc) is 2.77. The van der Waals surface area contributed by atoms with Crippen molar-refractivity contribution in [2.75, 3.05) is 39.9 Å². The normalized spacial score (nSPS) is 10.6. The molecule has 0 atom stereocenters. The van der Waals surface area contributed by atoms with Crippen LogP contribution in [0.2, 0.25) is 12.1 Å². The molecule has 0 saturated carbocycles. The van der Waals surface area contributed by atoms with Crippen LogP contribution in [0, 0.1) is 0 Å². The lowest BCUT2D eigenvalue weighted by Gasteiger charge is -2.12. The van der Waals surface area contributed by atoms with Gasteiger partial charge in [0.2, 0.25) is 0 Å². The Morgan fingerprint density at radius 3 is 1.48 bits per heavy atom. The van der Waals surface area contributed by atoms with Gasteiger partial charge >= 0.3 is 0 Å². The molecule has 2 aromatic carbocycles. The molecule has 0 bridgehead atoms. The molecule has 0 spiro atoms. The van der Waals surface area contributed by atoms with Crippen LogP contribution in [-0.4, -0.2) is 59.0 Å². The van der Waals surface area contributed by atoms with Crippen molar-refractivity contribution in [2.45, 2.75) is 12.1 Å². The first-order valence-corrected chi connectivity index (χ1v) is 15.3. The number of hydrogen-bond donors (Lipinski definition) is 0. The summed E-state index contributed by atoms with van der Waals surface area (Å²) in [6, 6.07) is 14.5. The lowest BCUT2D eigenvalue weighted by atomic mass is 10.3. The zero-order valence-corrected chi connectivity index (χ0v) is 21.6. The minimum Gasteiger partial charge on any atom is -0.493 e. The van der Waals surface area contributed by atoms with Gasteiger partial charge in [-0.3, -0.25) is 0 Å². The Balaban J connectivity index is 1.61. The summed E-state index contributed by atoms with van der Waals surface area (Å²) in [4.78, 5) is 0. The van der Waals surface area contributed by atoms with E-state index in [9.17, 15) is 0 Å². The Kier molecular flexibility index (Phi) is 11.9. The van der Waals surface area contributed by atoms with Gasteiger partial charge in [-0.15, -0.1) is 0 Å². The van der Waals surface area contributed by atoms with Gasteiger partial charge in [-0.2, -0.15) is 0 Å². The first-order chi connectivity index (χ1) is 14.2. The van der Waals surface area contributed by atoms with Crippen molar-refractivity contribution in [2.24, 2.45) is 0 Å². The highest BCUT2D eigenvalue weighted by Crippen LogP contribution is 2.35. The van der Waals surface area contributed by atoms with E-state index in [1.54, 1.807) is 28.4 Å². The fourth-order valence-corrected chi connectivity index (χ4v) is 9.98. The van der Waals surface area contributed by atoms with Crippen LogP contribution in [0.5, 0.6) is 23.0 Å². The van der Waals surface area contributed by atoms with E-state index in [1.165, 1.54) is 10.4 Å². The first-order valence-electron chi connectivity index (χ1n) is 9.06. The molecule has 0 amide bonds. The summed E-state index contributed by atoms with van der Waals surface area (Å²) in [5.41, 5.74) is 0. The monoisotopic (exact) mass is 482 g/mol. The Hall–Kier alpha value is -0.876. The Bertz CT molecular complexity index is 688. The number of hydrogen-bond acceptors (Lipinski definition) is 7. The molecule has 4 radical (unpaired) electrons. The van der Waals surface area contributed by atoms with E-state index in [0.29, 0.717) is 0 Å². The molecule has 0 N–H and O–H groups in total. The Morgan fingerprint density at radius 2 is 1.10 bits per heavy atom. The number of methoxy groups -OCH3 is 4. The Morgan fingerprint density at radius 1 is 0.655 bits per heavy atom. The minimum absolute atomic E-state index is 0.727. The van der Waals surface area contributed by atoms with Gasteiger partial charge in [0, 0.05) is 11.5 Å². The molecular weight excluding hydrogens is 457 g/mol. The van der Waals surface area contributed by atoms with Crippen LogP contribution in [0.25, 0.3) is 0 Å². The van der Waals surface area contributed by atoms with Crippen LogP contribution < -0.4 is 29.3 Å². The van der Waals surface area contributed by atoms with E-state index in [0.717, 1.165) is 65.6 Å². The van der Waals surface area contributed by atoms with Gasteiger partial charge in [-0.05, 0) is 44.4 Å². The molecule has 0 aliphatic rings. The highest BCUT2D eigenvalue weighted by molar-refractivity contribution is 9.09. The van der Waals surface area contributed by atoms with Crippen LogP contribution in [-0.2, 0) is 0 Å². The largest absolute Gasteiger partial charge is 0.493 e. The van der Waals surface area contributed by atoms with Crippen LogP contribution in [0.1, 0.15) is 0 Å². The summed E-state index contributed by atoms with van der Waals surface area (Å²) in [7, 11) is 14.0. The lowest BCUT2D eigenvalue weighted by molar-refractivity contribution is 0.357. The third-order valence-corrected chi connectivity index (χ3v) is 11.4. The van der Waals surface area contributed by atoms with Crippen molar-refractivity contribution in [3.63, 3.8) is 0 Å². The molecule has 9 heteroatoms. The van der Waals surface area contributed by atoms with E-state index < -0.39 is 0 Å². The minimum atomic E-state index is 0.727. The van der Waals surface area contributed by atoms with E-state index in [1.807, 2.05) is 55.7 Å². The zero-order valence-electron chi connectivity index (χ0n) is 17.2. The van der Waals surface area contributed by atoms with E-state index in [-0.39, 0.29) is 0 Å². The zero-order chi connectivity index (χ0) is 20.9. The molecule has 0 saturated heterocycles. The molecule has 4 nitrogen and oxygen atoms in total. The standard InChI is InChI=1S/C20H26O4S3Si2/c1-21-15-7-5-9-17(19(15)23-3)28-13-11-25-27-26-12-14-29-18-10-6-8-16(22-2)20(18)24-4/h5-10H,11-14H2,1-4H3. The number of ether oxygens (including phenoxy) is 4. The van der Waals surface area contributed by atoms with Gasteiger partial charge in [-0.25, -0.2) is 0 Å². The summed E-state index contributed by atoms with van der Waals surface area (Å²) in [6.07, 6.45) is 0. The molecule has 0 fully saturated rings. The average molecular weight is 483 g/mol. The quantitative estimate of drug-likeness (QED) is 0.229.